The molecule has 0 atom stereocenters. The number of benzene rings is 1. The Morgan fingerprint density at radius 2 is 1.73 bits per heavy atom. The summed E-state index contributed by atoms with van der Waals surface area (Å²) < 4.78 is 0.929. The van der Waals surface area contributed by atoms with Crippen LogP contribution in [0.3, 0.4) is 0 Å². The van der Waals surface area contributed by atoms with Crippen LogP contribution in [0.5, 0.6) is 0 Å². The molecular weight excluding hydrogens is 440 g/mol. The van der Waals surface area contributed by atoms with Crippen molar-refractivity contribution < 1.29 is 19.2 Å². The topological polar surface area (TPSA) is 98.8 Å². The monoisotopic (exact) mass is 470 g/mol. The van der Waals surface area contributed by atoms with Crippen LogP contribution in [0, 0.1) is 5.41 Å². The third kappa shape index (κ3) is 4.46. The van der Waals surface area contributed by atoms with Crippen LogP contribution in [0.2, 0.25) is 0 Å². The molecule has 3 heterocycles. The van der Waals surface area contributed by atoms with E-state index in [1.165, 1.54) is 16.2 Å². The number of urea groups is 1. The van der Waals surface area contributed by atoms with Gasteiger partial charge in [0.05, 0.1) is 5.56 Å². The maximum absolute atomic E-state index is 13.6. The molecule has 33 heavy (non-hydrogen) atoms. The van der Waals surface area contributed by atoms with Crippen molar-refractivity contribution in [1.29, 1.82) is 0 Å². The van der Waals surface area contributed by atoms with Crippen LogP contribution in [0.15, 0.2) is 24.3 Å². The minimum Gasteiger partial charge on any atom is -0.338 e. The van der Waals surface area contributed by atoms with Gasteiger partial charge < -0.3 is 10.2 Å². The van der Waals surface area contributed by atoms with Crippen molar-refractivity contribution in [1.82, 2.24) is 15.1 Å². The van der Waals surface area contributed by atoms with E-state index < -0.39 is 0 Å². The Morgan fingerprint density at radius 1 is 1.09 bits per heavy atom. The smallest absolute Gasteiger partial charge is 0.319 e. The molecule has 9 heteroatoms. The highest BCUT2D eigenvalue weighted by molar-refractivity contribution is 7.23. The zero-order valence-corrected chi connectivity index (χ0v) is 20.1. The summed E-state index contributed by atoms with van der Waals surface area (Å²) in [5.74, 6) is -0.358. The molecule has 1 spiro atoms. The van der Waals surface area contributed by atoms with Gasteiger partial charge in [0.2, 0.25) is 11.8 Å². The molecule has 2 aromatic rings. The van der Waals surface area contributed by atoms with Crippen molar-refractivity contribution in [3.05, 3.63) is 29.8 Å². The number of imide groups is 1. The van der Waals surface area contributed by atoms with E-state index in [9.17, 15) is 19.2 Å². The standard InChI is InChI=1S/C24H30N4O4S/c1-4-25-23(32)26-21-20(16-7-5-6-8-17(16)33-21)22(31)27-11-9-24(10-12-27)13-18(29)28(15(2)3)19(30)14-24/h5-8,15H,4,9-14H2,1-3H3,(H2,25,26,32). The number of likely N-dealkylation sites (tertiary alicyclic amines) is 2. The number of piperidine rings is 2. The van der Waals surface area contributed by atoms with E-state index in [4.69, 9.17) is 0 Å². The van der Waals surface area contributed by atoms with Gasteiger partial charge in [-0.1, -0.05) is 18.2 Å². The molecule has 176 valence electrons. The first-order valence-electron chi connectivity index (χ1n) is 11.5. The van der Waals surface area contributed by atoms with E-state index >= 15 is 0 Å². The molecule has 0 unspecified atom stereocenters. The highest BCUT2D eigenvalue weighted by atomic mass is 32.1. The lowest BCUT2D eigenvalue weighted by atomic mass is 9.70. The number of amides is 5. The van der Waals surface area contributed by atoms with Crippen molar-refractivity contribution in [2.75, 3.05) is 25.0 Å². The lowest BCUT2D eigenvalue weighted by Gasteiger charge is -2.46. The Morgan fingerprint density at radius 3 is 2.33 bits per heavy atom. The molecule has 1 aromatic heterocycles. The third-order valence-electron chi connectivity index (χ3n) is 6.59. The van der Waals surface area contributed by atoms with E-state index in [-0.39, 0.29) is 35.2 Å². The van der Waals surface area contributed by atoms with Crippen molar-refractivity contribution in [2.45, 2.75) is 52.5 Å². The quantitative estimate of drug-likeness (QED) is 0.664. The Kier molecular flexibility index (Phi) is 6.43. The number of hydrogen-bond donors (Lipinski definition) is 2. The van der Waals surface area contributed by atoms with Gasteiger partial charge in [0, 0.05) is 48.6 Å². The summed E-state index contributed by atoms with van der Waals surface area (Å²) in [5.41, 5.74) is 0.134. The lowest BCUT2D eigenvalue weighted by Crippen LogP contribution is -2.54. The number of thiophene rings is 1. The van der Waals surface area contributed by atoms with Gasteiger partial charge in [-0.15, -0.1) is 11.3 Å². The van der Waals surface area contributed by atoms with Gasteiger partial charge in [-0.2, -0.15) is 0 Å². The van der Waals surface area contributed by atoms with Crippen LogP contribution < -0.4 is 10.6 Å². The summed E-state index contributed by atoms with van der Waals surface area (Å²) in [4.78, 5) is 54.2. The van der Waals surface area contributed by atoms with E-state index in [0.717, 1.165) is 10.1 Å². The number of carbonyl (C=O) groups is 4. The summed E-state index contributed by atoms with van der Waals surface area (Å²) in [7, 11) is 0. The maximum Gasteiger partial charge on any atom is 0.319 e. The van der Waals surface area contributed by atoms with Crippen LogP contribution in [-0.2, 0) is 9.59 Å². The van der Waals surface area contributed by atoms with Crippen molar-refractivity contribution in [3.63, 3.8) is 0 Å². The number of fused-ring (bicyclic) bond motifs is 1. The predicted molar refractivity (Wildman–Crippen MR) is 128 cm³/mol. The van der Waals surface area contributed by atoms with Gasteiger partial charge in [-0.3, -0.25) is 24.6 Å². The van der Waals surface area contributed by atoms with Crippen molar-refractivity contribution >= 4 is 50.2 Å². The fraction of sp³-hybridized carbons (Fsp3) is 0.500. The molecule has 0 radical (unpaired) electrons. The van der Waals surface area contributed by atoms with Gasteiger partial charge in [0.15, 0.2) is 0 Å². The van der Waals surface area contributed by atoms with Gasteiger partial charge in [0.1, 0.15) is 5.00 Å². The molecule has 0 bridgehead atoms. The second-order valence-corrected chi connectivity index (χ2v) is 10.2. The van der Waals surface area contributed by atoms with Crippen LogP contribution in [0.1, 0.15) is 56.8 Å². The highest BCUT2D eigenvalue weighted by Gasteiger charge is 2.46. The summed E-state index contributed by atoms with van der Waals surface area (Å²) in [6, 6.07) is 7.14. The molecule has 8 nitrogen and oxygen atoms in total. The minimum atomic E-state index is -0.366. The maximum atomic E-state index is 13.6. The highest BCUT2D eigenvalue weighted by Crippen LogP contribution is 2.44. The fourth-order valence-corrected chi connectivity index (χ4v) is 6.03. The van der Waals surface area contributed by atoms with E-state index in [0.29, 0.717) is 55.9 Å². The third-order valence-corrected chi connectivity index (χ3v) is 7.68. The first kappa shape index (κ1) is 23.2. The average Bonchev–Trinajstić information content (AvgIpc) is 3.10. The van der Waals surface area contributed by atoms with Gasteiger partial charge in [0.25, 0.3) is 5.91 Å². The number of nitrogens with zero attached hydrogens (tertiary/aromatic N) is 2. The molecule has 5 amide bonds. The second kappa shape index (κ2) is 9.13. The number of nitrogens with one attached hydrogen (secondary N) is 2. The molecular formula is C24H30N4O4S. The Labute approximate surface area is 197 Å². The average molecular weight is 471 g/mol. The lowest BCUT2D eigenvalue weighted by molar-refractivity contribution is -0.157. The fourth-order valence-electron chi connectivity index (χ4n) is 4.94. The number of rotatable bonds is 4. The van der Waals surface area contributed by atoms with Crippen molar-refractivity contribution in [3.8, 4) is 0 Å². The molecule has 0 saturated carbocycles. The number of anilines is 1. The van der Waals surface area contributed by atoms with E-state index in [1.807, 2.05) is 45.0 Å². The summed E-state index contributed by atoms with van der Waals surface area (Å²) >= 11 is 1.38. The van der Waals surface area contributed by atoms with Gasteiger partial charge >= 0.3 is 6.03 Å². The normalized spacial score (nSPS) is 18.3. The molecule has 4 rings (SSSR count). The Bertz CT molecular complexity index is 1080. The molecule has 0 aliphatic carbocycles. The zero-order chi connectivity index (χ0) is 23.8. The van der Waals surface area contributed by atoms with E-state index in [1.54, 1.807) is 4.90 Å². The zero-order valence-electron chi connectivity index (χ0n) is 19.3. The number of hydrogen-bond acceptors (Lipinski definition) is 5. The van der Waals surface area contributed by atoms with Gasteiger partial charge in [-0.05, 0) is 45.1 Å². The molecule has 2 aliphatic rings. The van der Waals surface area contributed by atoms with Gasteiger partial charge in [-0.25, -0.2) is 4.79 Å². The summed E-state index contributed by atoms with van der Waals surface area (Å²) in [6.07, 6.45) is 1.93. The van der Waals surface area contributed by atoms with E-state index in [2.05, 4.69) is 10.6 Å². The Balaban J connectivity index is 1.53. The van der Waals surface area contributed by atoms with Crippen LogP contribution >= 0.6 is 11.3 Å². The minimum absolute atomic E-state index is 0.113. The molecule has 1 aromatic carbocycles. The largest absolute Gasteiger partial charge is 0.338 e. The van der Waals surface area contributed by atoms with Crippen LogP contribution in [0.25, 0.3) is 10.1 Å². The van der Waals surface area contributed by atoms with Crippen LogP contribution in [0.4, 0.5) is 9.80 Å². The molecule has 2 aliphatic heterocycles. The molecule has 2 N–H and O–H groups in total. The Hall–Kier alpha value is -2.94. The molecule has 2 saturated heterocycles. The molecule has 2 fully saturated rings. The summed E-state index contributed by atoms with van der Waals surface area (Å²) in [5, 5.41) is 6.88. The summed E-state index contributed by atoms with van der Waals surface area (Å²) in [6.45, 7) is 6.98. The predicted octanol–water partition coefficient (Wildman–Crippen LogP) is 3.82. The number of carbonyl (C=O) groups excluding carboxylic acids is 4. The van der Waals surface area contributed by atoms with Crippen LogP contribution in [-0.4, -0.2) is 59.2 Å². The first-order chi connectivity index (χ1) is 15.7. The SMILES string of the molecule is CCNC(=O)Nc1sc2ccccc2c1C(=O)N1CCC2(CC1)CC(=O)N(C(C)C)C(=O)C2. The first-order valence-corrected chi connectivity index (χ1v) is 12.3. The van der Waals surface area contributed by atoms with Crippen molar-refractivity contribution in [2.24, 2.45) is 5.41 Å². The second-order valence-electron chi connectivity index (χ2n) is 9.18.